The quantitative estimate of drug-likeness (QED) is 0.486. The molecule has 2 atom stereocenters. The van der Waals surface area contributed by atoms with Crippen molar-refractivity contribution in [1.29, 1.82) is 0 Å². The molecular formula is C27H29F3N2O5S. The van der Waals surface area contributed by atoms with Crippen LogP contribution in [-0.2, 0) is 31.6 Å². The first kappa shape index (κ1) is 28.0. The maximum absolute atomic E-state index is 14.1. The number of methoxy groups -OCH3 is 1. The van der Waals surface area contributed by atoms with E-state index in [1.54, 1.807) is 0 Å². The number of hydrogen-bond donors (Lipinski definition) is 0. The summed E-state index contributed by atoms with van der Waals surface area (Å²) in [6.45, 7) is 5.31. The van der Waals surface area contributed by atoms with Crippen molar-refractivity contribution in [3.63, 3.8) is 0 Å². The monoisotopic (exact) mass is 550 g/mol. The molecule has 11 heteroatoms. The molecule has 2 unspecified atom stereocenters. The molecule has 38 heavy (non-hydrogen) atoms. The highest BCUT2D eigenvalue weighted by Crippen LogP contribution is 2.40. The number of nitrogens with zero attached hydrogens (tertiary/aromatic N) is 2. The minimum Gasteiger partial charge on any atom is -0.453 e. The summed E-state index contributed by atoms with van der Waals surface area (Å²) >= 11 is 0.953. The van der Waals surface area contributed by atoms with Crippen LogP contribution in [0.2, 0.25) is 0 Å². The number of amides is 2. The van der Waals surface area contributed by atoms with Gasteiger partial charge in [0, 0.05) is 43.1 Å². The average molecular weight is 551 g/mol. The van der Waals surface area contributed by atoms with Crippen LogP contribution in [0.5, 0.6) is 0 Å². The number of halogens is 3. The van der Waals surface area contributed by atoms with Crippen LogP contribution >= 0.6 is 11.8 Å². The molecule has 204 valence electrons. The van der Waals surface area contributed by atoms with Gasteiger partial charge in [-0.15, -0.1) is 0 Å². The molecule has 2 heterocycles. The lowest BCUT2D eigenvalue weighted by Crippen LogP contribution is -2.50. The van der Waals surface area contributed by atoms with Gasteiger partial charge in [0.05, 0.1) is 32.0 Å². The van der Waals surface area contributed by atoms with Crippen LogP contribution in [-0.4, -0.2) is 79.8 Å². The Kier molecular flexibility index (Phi) is 9.01. The van der Waals surface area contributed by atoms with E-state index < -0.39 is 29.2 Å². The Morgan fingerprint density at radius 1 is 1.05 bits per heavy atom. The van der Waals surface area contributed by atoms with E-state index in [2.05, 4.69) is 11.3 Å². The van der Waals surface area contributed by atoms with Gasteiger partial charge in [-0.05, 0) is 23.3 Å². The van der Waals surface area contributed by atoms with Gasteiger partial charge in [-0.1, -0.05) is 54.7 Å². The van der Waals surface area contributed by atoms with Gasteiger partial charge < -0.3 is 24.0 Å². The fraction of sp³-hybridized carbons (Fsp3) is 0.407. The van der Waals surface area contributed by atoms with Gasteiger partial charge in [0.25, 0.3) is 5.91 Å². The molecule has 0 spiro atoms. The maximum Gasteiger partial charge on any atom is 0.417 e. The van der Waals surface area contributed by atoms with Crippen molar-refractivity contribution in [3.05, 3.63) is 71.8 Å². The fourth-order valence-electron chi connectivity index (χ4n) is 4.35. The van der Waals surface area contributed by atoms with Crippen molar-refractivity contribution in [2.75, 3.05) is 46.5 Å². The third kappa shape index (κ3) is 6.89. The normalized spacial score (nSPS) is 20.2. The number of alkyl halides is 3. The zero-order valence-corrected chi connectivity index (χ0v) is 21.7. The van der Waals surface area contributed by atoms with E-state index in [0.717, 1.165) is 23.4 Å². The summed E-state index contributed by atoms with van der Waals surface area (Å²) in [4.78, 5) is 27.5. The fourth-order valence-corrected chi connectivity index (χ4v) is 5.46. The van der Waals surface area contributed by atoms with E-state index in [1.165, 1.54) is 29.0 Å². The standard InChI is InChI=1S/C27H29F3N2O5S/c1-18(25(33)31-10-12-32(13-11-31)26(34)35-2)20-8-9-23(22(15-20)27(28,29)30)38-24-17-36-16-21(37-24)14-19-6-4-3-5-7-19/h3-9,15,21,24H,1,10-14,16-17H2,2H3. The van der Waals surface area contributed by atoms with Crippen molar-refractivity contribution in [2.24, 2.45) is 0 Å². The van der Waals surface area contributed by atoms with E-state index in [9.17, 15) is 22.8 Å². The Balaban J connectivity index is 1.44. The molecule has 2 fully saturated rings. The van der Waals surface area contributed by atoms with Crippen molar-refractivity contribution in [1.82, 2.24) is 9.80 Å². The zero-order valence-electron chi connectivity index (χ0n) is 20.9. The molecule has 0 N–H and O–H groups in total. The molecule has 0 radical (unpaired) electrons. The highest BCUT2D eigenvalue weighted by atomic mass is 32.2. The molecule has 0 bridgehead atoms. The lowest BCUT2D eigenvalue weighted by molar-refractivity contribution is -0.140. The molecule has 2 saturated heterocycles. The van der Waals surface area contributed by atoms with Crippen molar-refractivity contribution < 1.29 is 37.0 Å². The lowest BCUT2D eigenvalue weighted by atomic mass is 10.0. The van der Waals surface area contributed by atoms with Crippen molar-refractivity contribution >= 4 is 29.3 Å². The molecule has 0 aliphatic carbocycles. The van der Waals surface area contributed by atoms with Gasteiger partial charge in [0.2, 0.25) is 0 Å². The van der Waals surface area contributed by atoms with E-state index in [1.807, 2.05) is 30.3 Å². The zero-order chi connectivity index (χ0) is 27.3. The summed E-state index contributed by atoms with van der Waals surface area (Å²) < 4.78 is 58.5. The summed E-state index contributed by atoms with van der Waals surface area (Å²) in [5, 5.41) is 0. The topological polar surface area (TPSA) is 68.3 Å². The summed E-state index contributed by atoms with van der Waals surface area (Å²) in [7, 11) is 1.28. The van der Waals surface area contributed by atoms with Crippen molar-refractivity contribution in [2.45, 2.75) is 29.0 Å². The second kappa shape index (κ2) is 12.2. The molecule has 2 aliphatic rings. The molecule has 0 saturated carbocycles. The predicted octanol–water partition coefficient (Wildman–Crippen LogP) is 4.71. The molecule has 4 rings (SSSR count). The van der Waals surface area contributed by atoms with E-state index in [4.69, 9.17) is 9.47 Å². The van der Waals surface area contributed by atoms with Gasteiger partial charge >= 0.3 is 12.3 Å². The van der Waals surface area contributed by atoms with Crippen LogP contribution in [0.15, 0.2) is 60.0 Å². The summed E-state index contributed by atoms with van der Waals surface area (Å²) in [5.41, 5.74) is -0.371. The summed E-state index contributed by atoms with van der Waals surface area (Å²) in [6, 6.07) is 13.5. The van der Waals surface area contributed by atoms with E-state index in [0.29, 0.717) is 13.0 Å². The number of benzene rings is 2. The molecule has 0 aromatic heterocycles. The third-order valence-electron chi connectivity index (χ3n) is 6.36. The maximum atomic E-state index is 14.1. The van der Waals surface area contributed by atoms with Crippen LogP contribution < -0.4 is 0 Å². The Morgan fingerprint density at radius 3 is 2.39 bits per heavy atom. The molecule has 2 aliphatic heterocycles. The van der Waals surface area contributed by atoms with Gasteiger partial charge in [0.15, 0.2) is 0 Å². The summed E-state index contributed by atoms with van der Waals surface area (Å²) in [5.74, 6) is -0.476. The van der Waals surface area contributed by atoms with E-state index in [-0.39, 0.29) is 54.9 Å². The Bertz CT molecular complexity index is 1150. The largest absolute Gasteiger partial charge is 0.453 e. The predicted molar refractivity (Wildman–Crippen MR) is 137 cm³/mol. The number of carbonyl (C=O) groups is 2. The number of carbonyl (C=O) groups excluding carboxylic acids is 2. The smallest absolute Gasteiger partial charge is 0.417 e. The minimum absolute atomic E-state index is 0.0119. The Hall–Kier alpha value is -3.02. The number of ether oxygens (including phenoxy) is 3. The number of rotatable bonds is 6. The molecule has 2 aromatic rings. The highest BCUT2D eigenvalue weighted by molar-refractivity contribution is 7.99. The van der Waals surface area contributed by atoms with Gasteiger partial charge in [-0.2, -0.15) is 13.2 Å². The molecule has 2 amide bonds. The SMILES string of the molecule is C=C(C(=O)N1CCN(C(=O)OC)CC1)c1ccc(SC2COCC(Cc3ccccc3)O2)c(C(F)(F)F)c1. The highest BCUT2D eigenvalue weighted by Gasteiger charge is 2.36. The first-order valence-corrected chi connectivity index (χ1v) is 13.0. The van der Waals surface area contributed by atoms with Gasteiger partial charge in [-0.25, -0.2) is 4.79 Å². The number of piperazine rings is 1. The second-order valence-electron chi connectivity index (χ2n) is 8.97. The Morgan fingerprint density at radius 2 is 1.74 bits per heavy atom. The van der Waals surface area contributed by atoms with Gasteiger partial charge in [0.1, 0.15) is 5.44 Å². The number of hydrogen-bond acceptors (Lipinski definition) is 6. The van der Waals surface area contributed by atoms with Crippen LogP contribution in [0.3, 0.4) is 0 Å². The third-order valence-corrected chi connectivity index (χ3v) is 7.48. The van der Waals surface area contributed by atoms with Crippen LogP contribution in [0.25, 0.3) is 5.57 Å². The number of thioether (sulfide) groups is 1. The minimum atomic E-state index is -4.65. The average Bonchev–Trinajstić information content (AvgIpc) is 2.92. The first-order valence-electron chi connectivity index (χ1n) is 12.1. The van der Waals surface area contributed by atoms with E-state index >= 15 is 0 Å². The Labute approximate surface area is 223 Å². The first-order chi connectivity index (χ1) is 18.2. The molecule has 2 aromatic carbocycles. The van der Waals surface area contributed by atoms with Crippen LogP contribution in [0.4, 0.5) is 18.0 Å². The van der Waals surface area contributed by atoms with Crippen LogP contribution in [0.1, 0.15) is 16.7 Å². The van der Waals surface area contributed by atoms with Crippen molar-refractivity contribution in [3.8, 4) is 0 Å². The second-order valence-corrected chi connectivity index (χ2v) is 10.2. The summed E-state index contributed by atoms with van der Waals surface area (Å²) in [6.07, 6.45) is -4.81. The lowest BCUT2D eigenvalue weighted by Gasteiger charge is -2.34. The molecular weight excluding hydrogens is 521 g/mol. The van der Waals surface area contributed by atoms with Crippen LogP contribution in [0, 0.1) is 0 Å². The molecule has 7 nitrogen and oxygen atoms in total. The van der Waals surface area contributed by atoms with Gasteiger partial charge in [-0.3, -0.25) is 4.79 Å².